The first kappa shape index (κ1) is 17.6. The summed E-state index contributed by atoms with van der Waals surface area (Å²) in [6, 6.07) is 10.0. The molecule has 1 aliphatic heterocycles. The van der Waals surface area contributed by atoms with E-state index in [9.17, 15) is 9.59 Å². The van der Waals surface area contributed by atoms with Gasteiger partial charge in [-0.1, -0.05) is 0 Å². The van der Waals surface area contributed by atoms with Crippen molar-refractivity contribution in [1.29, 1.82) is 0 Å². The van der Waals surface area contributed by atoms with Gasteiger partial charge in [-0.05, 0) is 50.2 Å². The number of benzene rings is 2. The summed E-state index contributed by atoms with van der Waals surface area (Å²) < 4.78 is 16.2. The molecule has 0 aromatic heterocycles. The Morgan fingerprint density at radius 3 is 2.77 bits per heavy atom. The number of carbonyl (C=O) groups is 2. The molecule has 2 amide bonds. The van der Waals surface area contributed by atoms with Crippen molar-refractivity contribution in [3.05, 3.63) is 42.0 Å². The molecular formula is C19H20N2O5. The summed E-state index contributed by atoms with van der Waals surface area (Å²) in [6.45, 7) is 4.05. The summed E-state index contributed by atoms with van der Waals surface area (Å²) in [5.41, 5.74) is 1.49. The first-order valence-electron chi connectivity index (χ1n) is 8.25. The van der Waals surface area contributed by atoms with E-state index in [4.69, 9.17) is 14.2 Å². The quantitative estimate of drug-likeness (QED) is 0.860. The predicted octanol–water partition coefficient (Wildman–Crippen LogP) is 3.07. The lowest BCUT2D eigenvalue weighted by molar-refractivity contribution is -0.122. The van der Waals surface area contributed by atoms with Crippen LogP contribution in [0.2, 0.25) is 0 Å². The first-order valence-corrected chi connectivity index (χ1v) is 8.25. The van der Waals surface area contributed by atoms with Crippen LogP contribution < -0.4 is 24.8 Å². The number of ether oxygens (including phenoxy) is 3. The molecule has 2 N–H and O–H groups in total. The van der Waals surface area contributed by atoms with Crippen LogP contribution in [0.3, 0.4) is 0 Å². The predicted molar refractivity (Wildman–Crippen MR) is 97.3 cm³/mol. The molecular weight excluding hydrogens is 336 g/mol. The Bertz CT molecular complexity index is 850. The fourth-order valence-corrected chi connectivity index (χ4v) is 2.57. The minimum Gasteiger partial charge on any atom is -0.493 e. The molecule has 1 heterocycles. The van der Waals surface area contributed by atoms with E-state index < -0.39 is 6.10 Å². The van der Waals surface area contributed by atoms with Gasteiger partial charge >= 0.3 is 0 Å². The number of carbonyl (C=O) groups excluding carboxylic acids is 2. The lowest BCUT2D eigenvalue weighted by Gasteiger charge is -2.23. The van der Waals surface area contributed by atoms with Gasteiger partial charge in [0, 0.05) is 11.3 Å². The van der Waals surface area contributed by atoms with Crippen LogP contribution in [0.4, 0.5) is 11.4 Å². The Kier molecular flexibility index (Phi) is 4.97. The maximum Gasteiger partial charge on any atom is 0.265 e. The van der Waals surface area contributed by atoms with Crippen LogP contribution in [-0.2, 0) is 4.79 Å². The summed E-state index contributed by atoms with van der Waals surface area (Å²) >= 11 is 0. The summed E-state index contributed by atoms with van der Waals surface area (Å²) in [7, 11) is 1.52. The van der Waals surface area contributed by atoms with E-state index in [0.717, 1.165) is 0 Å². The zero-order chi connectivity index (χ0) is 18.7. The van der Waals surface area contributed by atoms with Gasteiger partial charge in [0.05, 0.1) is 19.4 Å². The zero-order valence-corrected chi connectivity index (χ0v) is 14.8. The smallest absolute Gasteiger partial charge is 0.265 e. The average Bonchev–Trinajstić information content (AvgIpc) is 2.63. The van der Waals surface area contributed by atoms with Crippen molar-refractivity contribution in [3.63, 3.8) is 0 Å². The highest BCUT2D eigenvalue weighted by atomic mass is 16.5. The maximum atomic E-state index is 12.5. The number of anilines is 2. The minimum atomic E-state index is -0.542. The molecule has 2 aromatic rings. The monoisotopic (exact) mass is 356 g/mol. The van der Waals surface area contributed by atoms with Gasteiger partial charge in [-0.25, -0.2) is 0 Å². The van der Waals surface area contributed by atoms with Crippen LogP contribution in [-0.4, -0.2) is 31.6 Å². The van der Waals surface area contributed by atoms with Gasteiger partial charge in [-0.15, -0.1) is 0 Å². The molecule has 0 saturated carbocycles. The van der Waals surface area contributed by atoms with E-state index in [0.29, 0.717) is 40.8 Å². The molecule has 7 nitrogen and oxygen atoms in total. The SMILES string of the molecule is CCOc1ccc(C(=O)Nc2ccc3c(c2)NC(=O)[C@@H](C)O3)cc1OC. The van der Waals surface area contributed by atoms with E-state index in [-0.39, 0.29) is 11.8 Å². The van der Waals surface area contributed by atoms with Gasteiger partial charge < -0.3 is 24.8 Å². The highest BCUT2D eigenvalue weighted by molar-refractivity contribution is 6.05. The van der Waals surface area contributed by atoms with Crippen LogP contribution in [0.15, 0.2) is 36.4 Å². The summed E-state index contributed by atoms with van der Waals surface area (Å²) in [6.07, 6.45) is -0.542. The fourth-order valence-electron chi connectivity index (χ4n) is 2.57. The van der Waals surface area contributed by atoms with Crippen LogP contribution in [0.1, 0.15) is 24.2 Å². The maximum absolute atomic E-state index is 12.5. The van der Waals surface area contributed by atoms with Gasteiger partial charge in [0.15, 0.2) is 17.6 Å². The van der Waals surface area contributed by atoms with Crippen LogP contribution in [0.25, 0.3) is 0 Å². The summed E-state index contributed by atoms with van der Waals surface area (Å²) in [5, 5.41) is 5.55. The second-order valence-corrected chi connectivity index (χ2v) is 5.71. The van der Waals surface area contributed by atoms with Crippen LogP contribution in [0.5, 0.6) is 17.2 Å². The Hall–Kier alpha value is -3.22. The van der Waals surface area contributed by atoms with E-state index >= 15 is 0 Å². The molecule has 136 valence electrons. The summed E-state index contributed by atoms with van der Waals surface area (Å²) in [5.74, 6) is 1.10. The molecule has 2 aromatic carbocycles. The lowest BCUT2D eigenvalue weighted by atomic mass is 10.1. The Labute approximate surface area is 151 Å². The van der Waals surface area contributed by atoms with Crippen molar-refractivity contribution in [2.24, 2.45) is 0 Å². The first-order chi connectivity index (χ1) is 12.5. The van der Waals surface area contributed by atoms with E-state index in [1.165, 1.54) is 7.11 Å². The van der Waals surface area contributed by atoms with Crippen molar-refractivity contribution < 1.29 is 23.8 Å². The largest absolute Gasteiger partial charge is 0.493 e. The van der Waals surface area contributed by atoms with Gasteiger partial charge in [0.25, 0.3) is 11.8 Å². The summed E-state index contributed by atoms with van der Waals surface area (Å²) in [4.78, 5) is 24.2. The van der Waals surface area contributed by atoms with Crippen molar-refractivity contribution >= 4 is 23.2 Å². The molecule has 0 saturated heterocycles. The molecule has 0 aliphatic carbocycles. The van der Waals surface area contributed by atoms with Crippen molar-refractivity contribution in [2.45, 2.75) is 20.0 Å². The molecule has 3 rings (SSSR count). The highest BCUT2D eigenvalue weighted by Gasteiger charge is 2.23. The van der Waals surface area contributed by atoms with Gasteiger partial charge in [0.2, 0.25) is 0 Å². The normalized spacial score (nSPS) is 15.3. The lowest BCUT2D eigenvalue weighted by Crippen LogP contribution is -2.34. The molecule has 0 unspecified atom stereocenters. The van der Waals surface area contributed by atoms with Gasteiger partial charge in [-0.3, -0.25) is 9.59 Å². The molecule has 26 heavy (non-hydrogen) atoms. The number of methoxy groups -OCH3 is 1. The molecule has 0 radical (unpaired) electrons. The number of amides is 2. The second kappa shape index (κ2) is 7.35. The van der Waals surface area contributed by atoms with Gasteiger partial charge in [-0.2, -0.15) is 0 Å². The Morgan fingerprint density at radius 1 is 1.23 bits per heavy atom. The zero-order valence-electron chi connectivity index (χ0n) is 14.8. The second-order valence-electron chi connectivity index (χ2n) is 5.71. The third-order valence-electron chi connectivity index (χ3n) is 3.89. The minimum absolute atomic E-state index is 0.225. The molecule has 0 fully saturated rings. The third kappa shape index (κ3) is 3.56. The number of hydrogen-bond acceptors (Lipinski definition) is 5. The number of rotatable bonds is 5. The number of fused-ring (bicyclic) bond motifs is 1. The van der Waals surface area contributed by atoms with E-state index in [1.807, 2.05) is 6.92 Å². The molecule has 0 bridgehead atoms. The Balaban J connectivity index is 1.78. The van der Waals surface area contributed by atoms with Gasteiger partial charge in [0.1, 0.15) is 5.75 Å². The van der Waals surface area contributed by atoms with E-state index in [2.05, 4.69) is 10.6 Å². The average molecular weight is 356 g/mol. The fraction of sp³-hybridized carbons (Fsp3) is 0.263. The van der Waals surface area contributed by atoms with Crippen molar-refractivity contribution in [1.82, 2.24) is 0 Å². The van der Waals surface area contributed by atoms with Crippen molar-refractivity contribution in [2.75, 3.05) is 24.4 Å². The molecule has 1 aliphatic rings. The molecule has 7 heteroatoms. The van der Waals surface area contributed by atoms with Crippen molar-refractivity contribution in [3.8, 4) is 17.2 Å². The standard InChI is InChI=1S/C19H20N2O5/c1-4-25-16-7-5-12(9-17(16)24-3)19(23)20-13-6-8-15-14(10-13)21-18(22)11(2)26-15/h5-11H,4H2,1-3H3,(H,20,23)(H,21,22)/t11-/m1/s1. The third-order valence-corrected chi connectivity index (χ3v) is 3.89. The number of nitrogens with one attached hydrogen (secondary N) is 2. The van der Waals surface area contributed by atoms with Crippen LogP contribution in [0, 0.1) is 0 Å². The highest BCUT2D eigenvalue weighted by Crippen LogP contribution is 2.33. The van der Waals surface area contributed by atoms with E-state index in [1.54, 1.807) is 43.3 Å². The van der Waals surface area contributed by atoms with Crippen LogP contribution >= 0.6 is 0 Å². The molecule has 1 atom stereocenters. The number of hydrogen-bond donors (Lipinski definition) is 2. The molecule has 0 spiro atoms. The topological polar surface area (TPSA) is 85.9 Å². The Morgan fingerprint density at radius 2 is 2.04 bits per heavy atom.